The Bertz CT molecular complexity index is 707. The van der Waals surface area contributed by atoms with Crippen LogP contribution in [0.4, 0.5) is 5.69 Å². The zero-order valence-corrected chi connectivity index (χ0v) is 9.74. The third-order valence-electron chi connectivity index (χ3n) is 2.57. The molecule has 3 rings (SSSR count). The van der Waals surface area contributed by atoms with Crippen LogP contribution in [0.15, 0.2) is 36.8 Å². The molecule has 3 aromatic rings. The zero-order chi connectivity index (χ0) is 12.5. The van der Waals surface area contributed by atoms with E-state index in [9.17, 15) is 0 Å². The van der Waals surface area contributed by atoms with Gasteiger partial charge in [-0.1, -0.05) is 0 Å². The lowest BCUT2D eigenvalue weighted by Crippen LogP contribution is -1.96. The summed E-state index contributed by atoms with van der Waals surface area (Å²) >= 11 is 0. The van der Waals surface area contributed by atoms with Crippen LogP contribution in [0.25, 0.3) is 10.9 Å². The second-order valence-electron chi connectivity index (χ2n) is 3.85. The minimum Gasteiger partial charge on any atom is -0.421 e. The smallest absolute Gasteiger partial charge is 0.341 e. The quantitative estimate of drug-likeness (QED) is 0.691. The van der Waals surface area contributed by atoms with Crippen LogP contribution in [0.3, 0.4) is 0 Å². The Kier molecular flexibility index (Phi) is 2.33. The van der Waals surface area contributed by atoms with Gasteiger partial charge in [0.1, 0.15) is 6.33 Å². The van der Waals surface area contributed by atoms with E-state index in [1.807, 2.05) is 18.2 Å². The molecule has 0 saturated carbocycles. The summed E-state index contributed by atoms with van der Waals surface area (Å²) in [6, 6.07) is 7.62. The van der Waals surface area contributed by atoms with E-state index in [1.54, 1.807) is 30.3 Å². The second kappa shape index (κ2) is 3.99. The highest BCUT2D eigenvalue weighted by molar-refractivity contribution is 5.93. The van der Waals surface area contributed by atoms with Crippen LogP contribution in [0.5, 0.6) is 11.8 Å². The van der Waals surface area contributed by atoms with Gasteiger partial charge in [-0.15, -0.1) is 5.10 Å². The van der Waals surface area contributed by atoms with Gasteiger partial charge >= 0.3 is 6.01 Å². The number of benzene rings is 1. The van der Waals surface area contributed by atoms with Crippen LogP contribution in [0.1, 0.15) is 0 Å². The average molecular weight is 241 g/mol. The third-order valence-corrected chi connectivity index (χ3v) is 2.57. The number of nitrogen functional groups attached to an aromatic ring is 1. The first-order valence-corrected chi connectivity index (χ1v) is 5.41. The molecule has 0 aliphatic rings. The fourth-order valence-electron chi connectivity index (χ4n) is 1.71. The van der Waals surface area contributed by atoms with E-state index < -0.39 is 0 Å². The monoisotopic (exact) mass is 241 g/mol. The third kappa shape index (κ3) is 1.73. The molecule has 0 unspecified atom stereocenters. The van der Waals surface area contributed by atoms with Crippen molar-refractivity contribution in [2.45, 2.75) is 0 Å². The van der Waals surface area contributed by atoms with Crippen molar-refractivity contribution >= 4 is 16.6 Å². The summed E-state index contributed by atoms with van der Waals surface area (Å²) in [5.74, 6) is 0.529. The molecule has 0 aliphatic heterocycles. The van der Waals surface area contributed by atoms with Crippen molar-refractivity contribution in [3.05, 3.63) is 36.8 Å². The Morgan fingerprint density at radius 3 is 2.89 bits per heavy atom. The van der Waals surface area contributed by atoms with Gasteiger partial charge in [0.05, 0.1) is 11.2 Å². The molecule has 0 saturated heterocycles. The molecule has 0 amide bonds. The molecule has 90 valence electrons. The van der Waals surface area contributed by atoms with Crippen molar-refractivity contribution in [2.75, 3.05) is 5.73 Å². The van der Waals surface area contributed by atoms with Gasteiger partial charge in [0, 0.05) is 18.6 Å². The van der Waals surface area contributed by atoms with Gasteiger partial charge in [-0.25, -0.2) is 0 Å². The number of rotatable bonds is 2. The van der Waals surface area contributed by atoms with Crippen LogP contribution in [-0.4, -0.2) is 19.7 Å². The lowest BCUT2D eigenvalue weighted by atomic mass is 10.2. The molecule has 0 fully saturated rings. The van der Waals surface area contributed by atoms with Crippen molar-refractivity contribution in [2.24, 2.45) is 7.05 Å². The van der Waals surface area contributed by atoms with E-state index in [0.717, 1.165) is 10.9 Å². The van der Waals surface area contributed by atoms with E-state index in [1.165, 1.54) is 0 Å². The summed E-state index contributed by atoms with van der Waals surface area (Å²) in [7, 11) is 1.77. The Morgan fingerprint density at radius 2 is 2.11 bits per heavy atom. The molecular formula is C12H11N5O. The van der Waals surface area contributed by atoms with Crippen LogP contribution < -0.4 is 10.5 Å². The molecule has 0 atom stereocenters. The molecule has 0 aliphatic carbocycles. The van der Waals surface area contributed by atoms with E-state index >= 15 is 0 Å². The highest BCUT2D eigenvalue weighted by Gasteiger charge is 2.09. The molecule has 2 heterocycles. The Labute approximate surface area is 103 Å². The normalized spacial score (nSPS) is 10.7. The molecular weight excluding hydrogens is 230 g/mol. The molecule has 6 heteroatoms. The van der Waals surface area contributed by atoms with Crippen molar-refractivity contribution < 1.29 is 4.74 Å². The number of aryl methyl sites for hydroxylation is 1. The summed E-state index contributed by atoms with van der Waals surface area (Å²) in [6.07, 6.45) is 3.29. The maximum Gasteiger partial charge on any atom is 0.341 e. The van der Waals surface area contributed by atoms with E-state index in [-0.39, 0.29) is 6.01 Å². The highest BCUT2D eigenvalue weighted by atomic mass is 16.5. The minimum absolute atomic E-state index is 0.271. The number of hydrogen-bond acceptors (Lipinski definition) is 5. The molecule has 0 radical (unpaired) electrons. The largest absolute Gasteiger partial charge is 0.421 e. The second-order valence-corrected chi connectivity index (χ2v) is 3.85. The molecule has 18 heavy (non-hydrogen) atoms. The topological polar surface area (TPSA) is 78.8 Å². The number of nitrogens with zero attached hydrogens (tertiary/aromatic N) is 4. The van der Waals surface area contributed by atoms with Gasteiger partial charge < -0.3 is 10.5 Å². The first-order valence-electron chi connectivity index (χ1n) is 5.41. The van der Waals surface area contributed by atoms with Gasteiger partial charge in [-0.05, 0) is 24.3 Å². The first kappa shape index (κ1) is 10.5. The summed E-state index contributed by atoms with van der Waals surface area (Å²) in [4.78, 5) is 8.21. The first-order chi connectivity index (χ1) is 8.74. The van der Waals surface area contributed by atoms with Gasteiger partial charge in [-0.3, -0.25) is 9.67 Å². The summed E-state index contributed by atoms with van der Waals surface area (Å²) in [5.41, 5.74) is 7.41. The summed E-state index contributed by atoms with van der Waals surface area (Å²) in [5, 5.41) is 4.89. The number of nitrogens with two attached hydrogens (primary N) is 1. The summed E-state index contributed by atoms with van der Waals surface area (Å²) < 4.78 is 7.11. The van der Waals surface area contributed by atoms with Crippen molar-refractivity contribution in [1.82, 2.24) is 19.7 Å². The molecule has 0 spiro atoms. The minimum atomic E-state index is 0.271. The van der Waals surface area contributed by atoms with Gasteiger partial charge in [-0.2, -0.15) is 4.98 Å². The molecule has 6 nitrogen and oxygen atoms in total. The SMILES string of the molecule is Cn1cnc(Oc2ccc3ncccc3c2N)n1. The predicted octanol–water partition coefficient (Wildman–Crippen LogP) is 1.74. The standard InChI is InChI=1S/C12H11N5O/c1-17-7-15-12(16-17)18-10-5-4-9-8(11(10)13)3-2-6-14-9/h2-7H,13H2,1H3. The highest BCUT2D eigenvalue weighted by Crippen LogP contribution is 2.31. The van der Waals surface area contributed by atoms with Crippen LogP contribution in [0, 0.1) is 0 Å². The fraction of sp³-hybridized carbons (Fsp3) is 0.0833. The maximum absolute atomic E-state index is 6.05. The van der Waals surface area contributed by atoms with E-state index in [0.29, 0.717) is 11.4 Å². The van der Waals surface area contributed by atoms with Crippen LogP contribution >= 0.6 is 0 Å². The number of hydrogen-bond donors (Lipinski definition) is 1. The number of anilines is 1. The number of fused-ring (bicyclic) bond motifs is 1. The number of ether oxygens (including phenoxy) is 1. The zero-order valence-electron chi connectivity index (χ0n) is 9.74. The molecule has 0 bridgehead atoms. The Balaban J connectivity index is 2.04. The van der Waals surface area contributed by atoms with Gasteiger partial charge in [0.15, 0.2) is 5.75 Å². The molecule has 1 aromatic carbocycles. The van der Waals surface area contributed by atoms with Crippen LogP contribution in [0.2, 0.25) is 0 Å². The Hall–Kier alpha value is -2.63. The fourth-order valence-corrected chi connectivity index (χ4v) is 1.71. The lowest BCUT2D eigenvalue weighted by molar-refractivity contribution is 0.441. The Morgan fingerprint density at radius 1 is 1.22 bits per heavy atom. The average Bonchev–Trinajstić information content (AvgIpc) is 2.79. The predicted molar refractivity (Wildman–Crippen MR) is 67.2 cm³/mol. The number of pyridine rings is 1. The molecule has 2 N–H and O–H groups in total. The van der Waals surface area contributed by atoms with E-state index in [4.69, 9.17) is 10.5 Å². The van der Waals surface area contributed by atoms with E-state index in [2.05, 4.69) is 15.1 Å². The van der Waals surface area contributed by atoms with Crippen molar-refractivity contribution in [3.8, 4) is 11.8 Å². The number of aromatic nitrogens is 4. The summed E-state index contributed by atoms with van der Waals surface area (Å²) in [6.45, 7) is 0. The lowest BCUT2D eigenvalue weighted by Gasteiger charge is -2.07. The van der Waals surface area contributed by atoms with Crippen LogP contribution in [-0.2, 0) is 7.05 Å². The molecule has 2 aromatic heterocycles. The van der Waals surface area contributed by atoms with Crippen molar-refractivity contribution in [1.29, 1.82) is 0 Å². The van der Waals surface area contributed by atoms with Crippen molar-refractivity contribution in [3.63, 3.8) is 0 Å². The van der Waals surface area contributed by atoms with Gasteiger partial charge in [0.2, 0.25) is 0 Å². The maximum atomic E-state index is 6.05. The van der Waals surface area contributed by atoms with Gasteiger partial charge in [0.25, 0.3) is 0 Å².